The van der Waals surface area contributed by atoms with Crippen molar-refractivity contribution in [1.82, 2.24) is 19.6 Å². The van der Waals surface area contributed by atoms with Crippen LogP contribution in [0, 0.1) is 11.7 Å². The van der Waals surface area contributed by atoms with Crippen molar-refractivity contribution in [3.63, 3.8) is 0 Å². The highest BCUT2D eigenvalue weighted by Crippen LogP contribution is 2.32. The monoisotopic (exact) mass is 561 g/mol. The van der Waals surface area contributed by atoms with Gasteiger partial charge in [-0.2, -0.15) is 0 Å². The molecule has 206 valence electrons. The predicted molar refractivity (Wildman–Crippen MR) is 152 cm³/mol. The number of hydrogen-bond acceptors (Lipinski definition) is 7. The zero-order valence-corrected chi connectivity index (χ0v) is 22.5. The summed E-state index contributed by atoms with van der Waals surface area (Å²) in [5.41, 5.74) is 2.12. The third-order valence-corrected chi connectivity index (χ3v) is 7.83. The Morgan fingerprint density at radius 2 is 1.73 bits per heavy atom. The molecule has 0 radical (unpaired) electrons. The molecule has 0 saturated heterocycles. The number of amides is 1. The zero-order chi connectivity index (χ0) is 27.6. The van der Waals surface area contributed by atoms with Crippen LogP contribution in [0.15, 0.2) is 55.0 Å². The van der Waals surface area contributed by atoms with Crippen LogP contribution in [0.2, 0.25) is 5.02 Å². The van der Waals surface area contributed by atoms with Gasteiger partial charge in [-0.3, -0.25) is 14.6 Å². The number of benzene rings is 1. The Kier molecular flexibility index (Phi) is 7.34. The molecule has 0 bridgehead atoms. The maximum atomic E-state index is 14.1. The molecule has 1 aromatic carbocycles. The molecule has 6 rings (SSSR count). The van der Waals surface area contributed by atoms with E-state index in [2.05, 4.69) is 31.0 Å². The Labute approximate surface area is 235 Å². The van der Waals surface area contributed by atoms with Crippen LogP contribution in [-0.4, -0.2) is 43.4 Å². The average Bonchev–Trinajstić information content (AvgIpc) is 3.66. The standard InChI is InChI=1S/C29H29ClFN7O2/c30-21-4-2-1-3-20(21)26(39)13-17-5-7-19(8-6-17)35-27-14-24(34-18-9-10-18)28-33-16-25(38(28)37-27)29(40)36-23-11-12-32-15-22(23)31/h1-4,11-12,14-19,34H,5-10,13H2,(H,35,37)(H,32,36,40). The van der Waals surface area contributed by atoms with E-state index in [9.17, 15) is 14.0 Å². The highest BCUT2D eigenvalue weighted by molar-refractivity contribution is 6.33. The maximum absolute atomic E-state index is 14.1. The molecule has 40 heavy (non-hydrogen) atoms. The number of rotatable bonds is 9. The van der Waals surface area contributed by atoms with Crippen molar-refractivity contribution in [3.8, 4) is 0 Å². The van der Waals surface area contributed by atoms with E-state index in [0.29, 0.717) is 40.4 Å². The van der Waals surface area contributed by atoms with Crippen molar-refractivity contribution in [1.29, 1.82) is 0 Å². The lowest BCUT2D eigenvalue weighted by Gasteiger charge is -2.29. The van der Waals surface area contributed by atoms with Crippen LogP contribution in [0.4, 0.5) is 21.6 Å². The third kappa shape index (κ3) is 5.77. The van der Waals surface area contributed by atoms with E-state index in [0.717, 1.165) is 50.4 Å². The summed E-state index contributed by atoms with van der Waals surface area (Å²) in [5.74, 6) is -0.138. The van der Waals surface area contributed by atoms with Crippen molar-refractivity contribution in [2.24, 2.45) is 5.92 Å². The van der Waals surface area contributed by atoms with Gasteiger partial charge in [0.1, 0.15) is 5.82 Å². The van der Waals surface area contributed by atoms with E-state index in [1.54, 1.807) is 12.1 Å². The molecule has 0 aliphatic heterocycles. The summed E-state index contributed by atoms with van der Waals surface area (Å²) in [7, 11) is 0. The lowest BCUT2D eigenvalue weighted by molar-refractivity contribution is 0.0948. The Morgan fingerprint density at radius 3 is 2.48 bits per heavy atom. The number of imidazole rings is 1. The fourth-order valence-corrected chi connectivity index (χ4v) is 5.43. The molecule has 11 heteroatoms. The first-order valence-electron chi connectivity index (χ1n) is 13.5. The molecule has 3 N–H and O–H groups in total. The number of carbonyl (C=O) groups is 2. The van der Waals surface area contributed by atoms with Gasteiger partial charge in [0.05, 0.1) is 28.8 Å². The van der Waals surface area contributed by atoms with Gasteiger partial charge in [0.15, 0.2) is 22.9 Å². The summed E-state index contributed by atoms with van der Waals surface area (Å²) >= 11 is 6.22. The third-order valence-electron chi connectivity index (χ3n) is 7.50. The second kappa shape index (κ2) is 11.2. The van der Waals surface area contributed by atoms with Gasteiger partial charge in [0, 0.05) is 36.3 Å². The van der Waals surface area contributed by atoms with Gasteiger partial charge < -0.3 is 16.0 Å². The summed E-state index contributed by atoms with van der Waals surface area (Å²) < 4.78 is 15.6. The van der Waals surface area contributed by atoms with Crippen molar-refractivity contribution < 1.29 is 14.0 Å². The van der Waals surface area contributed by atoms with Gasteiger partial charge in [0.25, 0.3) is 5.91 Å². The number of aromatic nitrogens is 4. The molecule has 0 atom stereocenters. The average molecular weight is 562 g/mol. The number of Topliss-reactive ketones (excluding diaryl/α,β-unsaturated/α-hetero) is 1. The Morgan fingerprint density at radius 1 is 0.975 bits per heavy atom. The number of nitrogens with one attached hydrogen (secondary N) is 3. The van der Waals surface area contributed by atoms with Crippen molar-refractivity contribution in [3.05, 3.63) is 77.1 Å². The highest BCUT2D eigenvalue weighted by Gasteiger charge is 2.27. The number of halogens is 2. The smallest absolute Gasteiger partial charge is 0.276 e. The molecule has 9 nitrogen and oxygen atoms in total. The lowest BCUT2D eigenvalue weighted by Crippen LogP contribution is -2.28. The summed E-state index contributed by atoms with van der Waals surface area (Å²) in [6.07, 6.45) is 10.2. The number of anilines is 3. The van der Waals surface area contributed by atoms with E-state index >= 15 is 0 Å². The van der Waals surface area contributed by atoms with E-state index < -0.39 is 11.7 Å². The molecule has 2 fully saturated rings. The van der Waals surface area contributed by atoms with Gasteiger partial charge in [0.2, 0.25) is 0 Å². The maximum Gasteiger partial charge on any atom is 0.276 e. The van der Waals surface area contributed by atoms with Crippen LogP contribution >= 0.6 is 11.6 Å². The Hall–Kier alpha value is -4.05. The van der Waals surface area contributed by atoms with Gasteiger partial charge in [-0.15, -0.1) is 5.10 Å². The first-order valence-corrected chi connectivity index (χ1v) is 13.9. The summed E-state index contributed by atoms with van der Waals surface area (Å²) in [4.78, 5) is 34.0. The van der Waals surface area contributed by atoms with Crippen LogP contribution in [-0.2, 0) is 0 Å². The second-order valence-corrected chi connectivity index (χ2v) is 10.9. The molecule has 0 unspecified atom stereocenters. The molecule has 3 aromatic heterocycles. The fourth-order valence-electron chi connectivity index (χ4n) is 5.19. The number of carbonyl (C=O) groups excluding carboxylic acids is 2. The number of pyridine rings is 1. The number of hydrogen-bond donors (Lipinski definition) is 3. The van der Waals surface area contributed by atoms with Crippen LogP contribution in [0.3, 0.4) is 0 Å². The first kappa shape index (κ1) is 26.2. The van der Waals surface area contributed by atoms with E-state index in [1.165, 1.54) is 23.0 Å². The minimum Gasteiger partial charge on any atom is -0.379 e. The highest BCUT2D eigenvalue weighted by atomic mass is 35.5. The van der Waals surface area contributed by atoms with Gasteiger partial charge in [-0.1, -0.05) is 23.7 Å². The van der Waals surface area contributed by atoms with Gasteiger partial charge in [-0.05, 0) is 62.6 Å². The second-order valence-electron chi connectivity index (χ2n) is 10.5. The minimum absolute atomic E-state index is 0.0327. The molecule has 2 aliphatic rings. The summed E-state index contributed by atoms with van der Waals surface area (Å²) in [5, 5.41) is 14.8. The first-order chi connectivity index (χ1) is 19.4. The molecular weight excluding hydrogens is 533 g/mol. The minimum atomic E-state index is -0.625. The largest absolute Gasteiger partial charge is 0.379 e. The van der Waals surface area contributed by atoms with Crippen molar-refractivity contribution in [2.45, 2.75) is 57.0 Å². The SMILES string of the molecule is O=C(CC1CCC(Nc2cc(NC3CC3)c3ncc(C(=O)Nc4ccncc4F)n3n2)CC1)c1ccccc1Cl. The number of ketones is 1. The molecule has 3 heterocycles. The van der Waals surface area contributed by atoms with Gasteiger partial charge >= 0.3 is 0 Å². The molecule has 4 aromatic rings. The topological polar surface area (TPSA) is 113 Å². The molecule has 0 spiro atoms. The van der Waals surface area contributed by atoms with Gasteiger partial charge in [-0.25, -0.2) is 13.9 Å². The van der Waals surface area contributed by atoms with E-state index in [-0.39, 0.29) is 23.2 Å². The molecule has 1 amide bonds. The van der Waals surface area contributed by atoms with Crippen molar-refractivity contribution in [2.75, 3.05) is 16.0 Å². The Balaban J connectivity index is 1.16. The molecular formula is C29H29ClFN7O2. The quantitative estimate of drug-likeness (QED) is 0.215. The Bertz CT molecular complexity index is 1560. The van der Waals surface area contributed by atoms with Crippen LogP contribution < -0.4 is 16.0 Å². The molecule has 2 saturated carbocycles. The number of fused-ring (bicyclic) bond motifs is 1. The number of nitrogens with zero attached hydrogens (tertiary/aromatic N) is 4. The zero-order valence-electron chi connectivity index (χ0n) is 21.7. The summed E-state index contributed by atoms with van der Waals surface area (Å²) in [6.45, 7) is 0. The predicted octanol–water partition coefficient (Wildman–Crippen LogP) is 5.99. The normalized spacial score (nSPS) is 18.9. The van der Waals surface area contributed by atoms with Crippen molar-refractivity contribution >= 4 is 46.1 Å². The fraction of sp³-hybridized carbons (Fsp3) is 0.345. The van der Waals surface area contributed by atoms with E-state index in [4.69, 9.17) is 11.6 Å². The van der Waals surface area contributed by atoms with Crippen LogP contribution in [0.5, 0.6) is 0 Å². The lowest BCUT2D eigenvalue weighted by atomic mass is 9.82. The van der Waals surface area contributed by atoms with E-state index in [1.807, 2.05) is 18.2 Å². The van der Waals surface area contributed by atoms with Crippen LogP contribution in [0.1, 0.15) is 65.8 Å². The summed E-state index contributed by atoms with van der Waals surface area (Å²) in [6, 6.07) is 11.1. The van der Waals surface area contributed by atoms with Crippen LogP contribution in [0.25, 0.3) is 5.65 Å². The molecule has 2 aliphatic carbocycles.